The smallest absolute Gasteiger partial charge is 0.165 e. The zero-order valence-corrected chi connectivity index (χ0v) is 39.7. The van der Waals surface area contributed by atoms with E-state index < -0.39 is 16.1 Å². The Morgan fingerprint density at radius 1 is 0.517 bits per heavy atom. The molecule has 2 atom stereocenters. The molecular formula is C52H60Cl2O4Si2. The fourth-order valence-electron chi connectivity index (χ4n) is 9.22. The number of hydrogen-bond donors (Lipinski definition) is 0. The Bertz CT molecular complexity index is 1940. The van der Waals surface area contributed by atoms with Gasteiger partial charge in [0.2, 0.25) is 0 Å². The second-order valence-corrected chi connectivity index (χ2v) is 28.0. The summed E-state index contributed by atoms with van der Waals surface area (Å²) < 4.78 is 24.8. The highest BCUT2D eigenvalue weighted by Crippen LogP contribution is 2.43. The number of benzene rings is 4. The molecule has 60 heavy (non-hydrogen) atoms. The summed E-state index contributed by atoms with van der Waals surface area (Å²) in [7, 11) is -6.02. The molecule has 0 N–H and O–H groups in total. The van der Waals surface area contributed by atoms with Crippen LogP contribution in [-0.2, 0) is 18.9 Å². The average Bonchev–Trinajstić information content (AvgIpc) is 3.26. The molecule has 4 nitrogen and oxygen atoms in total. The minimum atomic E-state index is -3.01. The average molecular weight is 876 g/mol. The first-order valence-electron chi connectivity index (χ1n) is 21.4. The molecule has 0 bridgehead atoms. The van der Waals surface area contributed by atoms with Crippen LogP contribution in [0.3, 0.4) is 0 Å². The standard InChI is InChI=1S/C52H60Cl2O4Si2/c1-51(2,3)59(41-25-11-7-12-26-41,42-27-13-8-14-28-42)47(45(53)39-57-49-35-21-23-37-55-49)33-19-20-34-48(46(54)40-58-50-36-22-24-38-56-50)60(52(4,5)6,43-29-15-9-16-30-43)44-31-17-10-18-32-44/h7-18,25-32,49-50H,21-24,35-40H2,1-6H3/b47-45+,48-46+. The van der Waals surface area contributed by atoms with E-state index in [4.69, 9.17) is 42.1 Å². The molecule has 6 rings (SSSR count). The van der Waals surface area contributed by atoms with Crippen molar-refractivity contribution in [1.82, 2.24) is 0 Å². The van der Waals surface area contributed by atoms with Gasteiger partial charge in [0.1, 0.15) is 0 Å². The van der Waals surface area contributed by atoms with Crippen molar-refractivity contribution in [3.8, 4) is 23.7 Å². The van der Waals surface area contributed by atoms with E-state index in [1.807, 2.05) is 0 Å². The quantitative estimate of drug-likeness (QED) is 0.105. The lowest BCUT2D eigenvalue weighted by atomic mass is 10.2. The highest BCUT2D eigenvalue weighted by atomic mass is 35.5. The van der Waals surface area contributed by atoms with Crippen molar-refractivity contribution in [2.45, 2.75) is 103 Å². The van der Waals surface area contributed by atoms with Gasteiger partial charge in [0, 0.05) is 23.6 Å². The van der Waals surface area contributed by atoms with E-state index in [0.717, 1.165) is 48.9 Å². The predicted molar refractivity (Wildman–Crippen MR) is 256 cm³/mol. The lowest BCUT2D eigenvalue weighted by Crippen LogP contribution is -2.66. The number of rotatable bonds is 12. The van der Waals surface area contributed by atoms with Gasteiger partial charge < -0.3 is 18.9 Å². The first kappa shape index (κ1) is 45.9. The molecule has 0 radical (unpaired) electrons. The molecule has 2 saturated heterocycles. The fourth-order valence-corrected chi connectivity index (χ4v) is 21.3. The molecule has 0 saturated carbocycles. The van der Waals surface area contributed by atoms with Crippen LogP contribution in [0.4, 0.5) is 0 Å². The summed E-state index contributed by atoms with van der Waals surface area (Å²) >= 11 is 15.2. The number of hydrogen-bond acceptors (Lipinski definition) is 4. The maximum Gasteiger partial charge on any atom is 0.165 e. The highest BCUT2D eigenvalue weighted by Gasteiger charge is 2.53. The van der Waals surface area contributed by atoms with E-state index in [1.54, 1.807) is 0 Å². The van der Waals surface area contributed by atoms with E-state index >= 15 is 0 Å². The monoisotopic (exact) mass is 874 g/mol. The van der Waals surface area contributed by atoms with Gasteiger partial charge >= 0.3 is 0 Å². The lowest BCUT2D eigenvalue weighted by Gasteiger charge is -2.45. The van der Waals surface area contributed by atoms with Gasteiger partial charge in [0.25, 0.3) is 0 Å². The van der Waals surface area contributed by atoms with Crippen LogP contribution in [0.5, 0.6) is 0 Å². The summed E-state index contributed by atoms with van der Waals surface area (Å²) in [6, 6.07) is 43.0. The van der Waals surface area contributed by atoms with Crippen molar-refractivity contribution in [2.24, 2.45) is 0 Å². The van der Waals surface area contributed by atoms with E-state index in [-0.39, 0.29) is 35.9 Å². The SMILES string of the molecule is CC(C)(C)[Si](/C(C#CC#C/C(=C(\Cl)COC1CCCCO1)[Si](c1ccccc1)(c1ccccc1)C(C)(C)C)=C(/Cl)COC1CCCCO1)(c1ccccc1)c1ccccc1. The summed E-state index contributed by atoms with van der Waals surface area (Å²) in [4.78, 5) is 0. The molecule has 8 heteroatoms. The summed E-state index contributed by atoms with van der Waals surface area (Å²) in [6.45, 7) is 15.6. The molecule has 2 aliphatic rings. The van der Waals surface area contributed by atoms with Crippen molar-refractivity contribution in [3.05, 3.63) is 142 Å². The zero-order valence-electron chi connectivity index (χ0n) is 36.2. The van der Waals surface area contributed by atoms with Gasteiger partial charge in [-0.2, -0.15) is 0 Å². The van der Waals surface area contributed by atoms with Crippen molar-refractivity contribution >= 4 is 60.1 Å². The van der Waals surface area contributed by atoms with Crippen LogP contribution in [0.25, 0.3) is 0 Å². The van der Waals surface area contributed by atoms with Gasteiger partial charge in [-0.05, 0) is 81.2 Å². The number of ether oxygens (including phenoxy) is 4. The largest absolute Gasteiger partial charge is 0.353 e. The highest BCUT2D eigenvalue weighted by molar-refractivity contribution is 7.11. The molecule has 0 amide bonds. The molecule has 0 aromatic heterocycles. The normalized spacial score (nSPS) is 18.5. The van der Waals surface area contributed by atoms with Crippen LogP contribution in [-0.4, -0.2) is 55.2 Å². The molecule has 314 valence electrons. The van der Waals surface area contributed by atoms with Gasteiger partial charge in [-0.25, -0.2) is 0 Å². The second kappa shape index (κ2) is 20.9. The molecule has 2 aliphatic heterocycles. The van der Waals surface area contributed by atoms with Crippen molar-refractivity contribution in [2.75, 3.05) is 26.4 Å². The maximum absolute atomic E-state index is 7.59. The first-order valence-corrected chi connectivity index (χ1v) is 26.1. The van der Waals surface area contributed by atoms with Crippen LogP contribution in [0.2, 0.25) is 10.1 Å². The molecule has 2 fully saturated rings. The summed E-state index contributed by atoms with van der Waals surface area (Å²) in [5.74, 6) is 14.1. The molecule has 0 aliphatic carbocycles. The Labute approximate surface area is 371 Å². The van der Waals surface area contributed by atoms with Crippen LogP contribution in [0.1, 0.15) is 80.1 Å². The molecule has 2 unspecified atom stereocenters. The van der Waals surface area contributed by atoms with Gasteiger partial charge in [0.05, 0.1) is 23.3 Å². The van der Waals surface area contributed by atoms with Crippen LogP contribution < -0.4 is 20.7 Å². The van der Waals surface area contributed by atoms with Gasteiger partial charge in [-0.1, -0.05) is 198 Å². The third kappa shape index (κ3) is 10.2. The number of allylic oxidation sites excluding steroid dienone is 2. The minimum Gasteiger partial charge on any atom is -0.353 e. The van der Waals surface area contributed by atoms with E-state index in [2.05, 4.69) is 187 Å². The number of halogens is 2. The Balaban J connectivity index is 1.59. The molecule has 2 heterocycles. The van der Waals surface area contributed by atoms with Crippen LogP contribution in [0.15, 0.2) is 142 Å². The van der Waals surface area contributed by atoms with Crippen molar-refractivity contribution in [3.63, 3.8) is 0 Å². The fraction of sp³-hybridized carbons (Fsp3) is 0.385. The Morgan fingerprint density at radius 3 is 1.07 bits per heavy atom. The van der Waals surface area contributed by atoms with Crippen molar-refractivity contribution < 1.29 is 18.9 Å². The Kier molecular flexibility index (Phi) is 16.0. The molecule has 4 aromatic rings. The summed E-state index contributed by atoms with van der Waals surface area (Å²) in [5, 5.41) is 7.23. The molecular weight excluding hydrogens is 816 g/mol. The Morgan fingerprint density at radius 2 is 0.817 bits per heavy atom. The third-order valence-corrected chi connectivity index (χ3v) is 24.4. The topological polar surface area (TPSA) is 36.9 Å². The minimum absolute atomic E-state index is 0.188. The zero-order chi connectivity index (χ0) is 42.6. The van der Waals surface area contributed by atoms with Crippen LogP contribution in [0, 0.1) is 23.7 Å². The van der Waals surface area contributed by atoms with Crippen LogP contribution >= 0.6 is 23.2 Å². The second-order valence-electron chi connectivity index (χ2n) is 17.7. The molecule has 0 spiro atoms. The first-order chi connectivity index (χ1) is 28.9. The Hall–Kier alpha value is -3.67. The van der Waals surface area contributed by atoms with Crippen molar-refractivity contribution in [1.29, 1.82) is 0 Å². The summed E-state index contributed by atoms with van der Waals surface area (Å²) in [6.07, 6.45) is 5.27. The van der Waals surface area contributed by atoms with Gasteiger partial charge in [-0.3, -0.25) is 0 Å². The third-order valence-electron chi connectivity index (χ3n) is 11.9. The van der Waals surface area contributed by atoms with Gasteiger partial charge in [-0.15, -0.1) is 0 Å². The van der Waals surface area contributed by atoms with E-state index in [1.165, 1.54) is 20.7 Å². The summed E-state index contributed by atoms with van der Waals surface area (Å²) in [5.41, 5.74) is 0. The lowest BCUT2D eigenvalue weighted by molar-refractivity contribution is -0.156. The molecule has 4 aromatic carbocycles. The van der Waals surface area contributed by atoms with E-state index in [9.17, 15) is 0 Å². The predicted octanol–water partition coefficient (Wildman–Crippen LogP) is 10.3. The maximum atomic E-state index is 7.59. The van der Waals surface area contributed by atoms with Gasteiger partial charge in [0.15, 0.2) is 28.7 Å². The van der Waals surface area contributed by atoms with E-state index in [0.29, 0.717) is 23.3 Å².